The summed E-state index contributed by atoms with van der Waals surface area (Å²) in [6.07, 6.45) is -11.3. The lowest BCUT2D eigenvalue weighted by atomic mass is 10.00. The molecule has 0 aromatic heterocycles. The van der Waals surface area contributed by atoms with Crippen molar-refractivity contribution in [2.45, 2.75) is 24.5 Å². The molecular formula is C10H7BrClF8NO. The van der Waals surface area contributed by atoms with Crippen molar-refractivity contribution in [2.24, 2.45) is 5.73 Å². The molecule has 0 aliphatic rings. The zero-order valence-electron chi connectivity index (χ0n) is 10.1. The van der Waals surface area contributed by atoms with E-state index in [1.165, 1.54) is 0 Å². The van der Waals surface area contributed by atoms with Gasteiger partial charge in [-0.1, -0.05) is 15.9 Å². The highest BCUT2D eigenvalue weighted by molar-refractivity contribution is 9.10. The highest BCUT2D eigenvalue weighted by Crippen LogP contribution is 2.46. The normalized spacial score (nSPS) is 14.3. The van der Waals surface area contributed by atoms with E-state index in [4.69, 9.17) is 5.73 Å². The Morgan fingerprint density at radius 1 is 1.00 bits per heavy atom. The van der Waals surface area contributed by atoms with Crippen LogP contribution in [-0.2, 0) is 0 Å². The number of hydrogen-bond donors (Lipinski definition) is 1. The van der Waals surface area contributed by atoms with E-state index in [0.717, 1.165) is 6.07 Å². The van der Waals surface area contributed by atoms with E-state index in [9.17, 15) is 35.1 Å². The monoisotopic (exact) mass is 423 g/mol. The summed E-state index contributed by atoms with van der Waals surface area (Å²) in [7, 11) is 0. The minimum atomic E-state index is -6.02. The molecule has 0 fully saturated rings. The second-order valence-corrected chi connectivity index (χ2v) is 4.74. The average Bonchev–Trinajstić information content (AvgIpc) is 2.27. The molecule has 1 aromatic rings. The minimum Gasteiger partial charge on any atom is -0.405 e. The summed E-state index contributed by atoms with van der Waals surface area (Å²) >= 11 is 2.74. The van der Waals surface area contributed by atoms with Crippen LogP contribution in [0.2, 0.25) is 0 Å². The minimum absolute atomic E-state index is 0. The van der Waals surface area contributed by atoms with Gasteiger partial charge in [-0.3, -0.25) is 0 Å². The molecule has 0 saturated carbocycles. The van der Waals surface area contributed by atoms with Crippen molar-refractivity contribution in [3.8, 4) is 5.75 Å². The summed E-state index contributed by atoms with van der Waals surface area (Å²) in [6.45, 7) is 0. The van der Waals surface area contributed by atoms with Crippen molar-refractivity contribution in [2.75, 3.05) is 0 Å². The summed E-state index contributed by atoms with van der Waals surface area (Å²) in [5, 5.41) is 0. The van der Waals surface area contributed by atoms with Crippen molar-refractivity contribution in [1.82, 2.24) is 0 Å². The van der Waals surface area contributed by atoms with Crippen molar-refractivity contribution < 1.29 is 39.9 Å². The molecule has 0 aliphatic carbocycles. The maximum Gasteiger partial charge on any atom is 0.573 e. The first kappa shape index (κ1) is 21.2. The molecule has 0 spiro atoms. The molecular weight excluding hydrogens is 417 g/mol. The van der Waals surface area contributed by atoms with Gasteiger partial charge in [0, 0.05) is 10.0 Å². The summed E-state index contributed by atoms with van der Waals surface area (Å²) in [4.78, 5) is 0. The molecule has 0 heterocycles. The van der Waals surface area contributed by atoms with Crippen LogP contribution >= 0.6 is 28.3 Å². The molecule has 0 amide bonds. The first-order valence-corrected chi connectivity index (χ1v) is 5.80. The summed E-state index contributed by atoms with van der Waals surface area (Å²) in [5.41, 5.74) is 3.67. The molecule has 0 bridgehead atoms. The number of ether oxygens (including phenoxy) is 1. The third-order valence-electron chi connectivity index (χ3n) is 2.30. The van der Waals surface area contributed by atoms with Crippen LogP contribution < -0.4 is 10.5 Å². The molecule has 0 radical (unpaired) electrons. The van der Waals surface area contributed by atoms with Crippen molar-refractivity contribution in [3.63, 3.8) is 0 Å². The zero-order chi connectivity index (χ0) is 16.6. The fourth-order valence-electron chi connectivity index (χ4n) is 1.35. The van der Waals surface area contributed by atoms with Gasteiger partial charge < -0.3 is 10.5 Å². The van der Waals surface area contributed by atoms with E-state index in [1.807, 2.05) is 0 Å². The number of nitrogens with two attached hydrogens (primary N) is 1. The average molecular weight is 425 g/mol. The van der Waals surface area contributed by atoms with Gasteiger partial charge in [0.2, 0.25) is 0 Å². The van der Waals surface area contributed by atoms with Crippen LogP contribution in [-0.4, -0.2) is 18.5 Å². The predicted molar refractivity (Wildman–Crippen MR) is 66.0 cm³/mol. The van der Waals surface area contributed by atoms with Crippen LogP contribution in [0, 0.1) is 0 Å². The number of benzene rings is 1. The number of rotatable bonds is 3. The third kappa shape index (κ3) is 4.85. The van der Waals surface area contributed by atoms with E-state index in [-0.39, 0.29) is 16.9 Å². The quantitative estimate of drug-likeness (QED) is 0.696. The Kier molecular flexibility index (Phi) is 6.50. The maximum atomic E-state index is 13.2. The van der Waals surface area contributed by atoms with Crippen molar-refractivity contribution >= 4 is 28.3 Å². The van der Waals surface area contributed by atoms with Gasteiger partial charge in [0.25, 0.3) is 0 Å². The second kappa shape index (κ2) is 6.75. The molecule has 1 rings (SSSR count). The number of alkyl halides is 8. The van der Waals surface area contributed by atoms with Gasteiger partial charge in [-0.25, -0.2) is 0 Å². The molecule has 2 nitrogen and oxygen atoms in total. The molecule has 1 aromatic carbocycles. The van der Waals surface area contributed by atoms with Crippen molar-refractivity contribution in [1.29, 1.82) is 0 Å². The van der Waals surface area contributed by atoms with E-state index in [2.05, 4.69) is 20.7 Å². The van der Waals surface area contributed by atoms with Crippen LogP contribution in [0.25, 0.3) is 0 Å². The zero-order valence-corrected chi connectivity index (χ0v) is 12.5. The second-order valence-electron chi connectivity index (χ2n) is 3.83. The summed E-state index contributed by atoms with van der Waals surface area (Å²) < 4.78 is 103. The lowest BCUT2D eigenvalue weighted by molar-refractivity contribution is -0.292. The molecule has 0 saturated heterocycles. The first-order valence-electron chi connectivity index (χ1n) is 5.01. The maximum absolute atomic E-state index is 13.2. The molecule has 12 heteroatoms. The SMILES string of the molecule is Cl.N[C@@H](c1cc(Br)ccc1OC(F)(F)F)C(F)(F)C(F)(F)F. The Hall–Kier alpha value is -0.810. The van der Waals surface area contributed by atoms with Gasteiger partial charge >= 0.3 is 18.5 Å². The van der Waals surface area contributed by atoms with Crippen LogP contribution in [0.5, 0.6) is 5.75 Å². The molecule has 0 aliphatic heterocycles. The molecule has 1 atom stereocenters. The highest BCUT2D eigenvalue weighted by Gasteiger charge is 2.62. The van der Waals surface area contributed by atoms with E-state index in [1.54, 1.807) is 0 Å². The van der Waals surface area contributed by atoms with Gasteiger partial charge in [-0.05, 0) is 18.2 Å². The van der Waals surface area contributed by atoms with Crippen LogP contribution in [0.15, 0.2) is 22.7 Å². The van der Waals surface area contributed by atoms with E-state index < -0.39 is 35.8 Å². The van der Waals surface area contributed by atoms with E-state index in [0.29, 0.717) is 12.1 Å². The Morgan fingerprint density at radius 2 is 1.50 bits per heavy atom. The Bertz CT molecular complexity index is 519. The molecule has 128 valence electrons. The highest BCUT2D eigenvalue weighted by atomic mass is 79.9. The summed E-state index contributed by atoms with van der Waals surface area (Å²) in [6, 6.07) is -0.902. The lowest BCUT2D eigenvalue weighted by Gasteiger charge is -2.27. The van der Waals surface area contributed by atoms with Crippen LogP contribution in [0.1, 0.15) is 11.6 Å². The van der Waals surface area contributed by atoms with Gasteiger partial charge in [-0.2, -0.15) is 22.0 Å². The standard InChI is InChI=1S/C10H6BrF8NO.ClH/c11-4-1-2-6(21-10(17,18)19)5(3-4)7(20)8(12,13)9(14,15)16;/h1-3,7H,20H2;1H/t7-;/m0./s1. The predicted octanol–water partition coefficient (Wildman–Crippen LogP) is 4.97. The topological polar surface area (TPSA) is 35.2 Å². The Morgan fingerprint density at radius 3 is 1.91 bits per heavy atom. The Labute approximate surface area is 133 Å². The first-order chi connectivity index (χ1) is 9.25. The number of hydrogen-bond acceptors (Lipinski definition) is 2. The van der Waals surface area contributed by atoms with E-state index >= 15 is 0 Å². The van der Waals surface area contributed by atoms with Gasteiger partial charge in [0.05, 0.1) is 0 Å². The van der Waals surface area contributed by atoms with Crippen molar-refractivity contribution in [3.05, 3.63) is 28.2 Å². The third-order valence-corrected chi connectivity index (χ3v) is 2.79. The smallest absolute Gasteiger partial charge is 0.405 e. The summed E-state index contributed by atoms with van der Waals surface area (Å²) in [5.74, 6) is -6.67. The fourth-order valence-corrected chi connectivity index (χ4v) is 1.73. The van der Waals surface area contributed by atoms with Crippen LogP contribution in [0.3, 0.4) is 0 Å². The van der Waals surface area contributed by atoms with Gasteiger partial charge in [0.1, 0.15) is 11.8 Å². The fraction of sp³-hybridized carbons (Fsp3) is 0.400. The molecule has 2 N–H and O–H groups in total. The Balaban J connectivity index is 0.00000441. The number of halogens is 10. The lowest BCUT2D eigenvalue weighted by Crippen LogP contribution is -2.46. The van der Waals surface area contributed by atoms with Crippen LogP contribution in [0.4, 0.5) is 35.1 Å². The molecule has 0 unspecified atom stereocenters. The molecule has 22 heavy (non-hydrogen) atoms. The van der Waals surface area contributed by atoms with Gasteiger partial charge in [-0.15, -0.1) is 25.6 Å². The van der Waals surface area contributed by atoms with Gasteiger partial charge in [0.15, 0.2) is 0 Å². The largest absolute Gasteiger partial charge is 0.573 e.